The summed E-state index contributed by atoms with van der Waals surface area (Å²) in [5.41, 5.74) is 0.626. The van der Waals surface area contributed by atoms with Crippen molar-refractivity contribution in [3.05, 3.63) is 40.2 Å². The molecule has 0 unspecified atom stereocenters. The molecule has 6 heteroatoms. The number of nitrogens with one attached hydrogen (secondary N) is 2. The number of thiophene rings is 1. The van der Waals surface area contributed by atoms with Gasteiger partial charge in [-0.3, -0.25) is 0 Å². The topological polar surface area (TPSA) is 63.2 Å². The highest BCUT2D eigenvalue weighted by molar-refractivity contribution is 7.11. The average molecular weight is 277 g/mol. The van der Waals surface area contributed by atoms with E-state index in [2.05, 4.69) is 15.6 Å². The molecular weight excluding hydrogens is 262 g/mol. The van der Waals surface area contributed by atoms with Gasteiger partial charge in [0.15, 0.2) is 0 Å². The average Bonchev–Trinajstić information content (AvgIpc) is 2.83. The molecule has 0 saturated carbocycles. The molecule has 0 radical (unpaired) electrons. The third-order valence-electron chi connectivity index (χ3n) is 2.42. The lowest BCUT2D eigenvalue weighted by Gasteiger charge is -2.06. The molecule has 19 heavy (non-hydrogen) atoms. The van der Waals surface area contributed by atoms with Gasteiger partial charge in [-0.25, -0.2) is 9.78 Å². The second kappa shape index (κ2) is 6.19. The quantitative estimate of drug-likeness (QED) is 0.903. The van der Waals surface area contributed by atoms with E-state index in [0.717, 1.165) is 4.88 Å². The first kappa shape index (κ1) is 13.4. The van der Waals surface area contributed by atoms with Gasteiger partial charge in [0.25, 0.3) is 0 Å². The minimum Gasteiger partial charge on any atom is -0.481 e. The van der Waals surface area contributed by atoms with E-state index in [9.17, 15) is 4.79 Å². The number of amides is 2. The molecule has 2 heterocycles. The molecule has 0 aliphatic rings. The summed E-state index contributed by atoms with van der Waals surface area (Å²) in [4.78, 5) is 18.0. The highest BCUT2D eigenvalue weighted by Gasteiger charge is 2.03. The largest absolute Gasteiger partial charge is 0.481 e. The molecule has 0 aromatic carbocycles. The van der Waals surface area contributed by atoms with Crippen LogP contribution in [0.1, 0.15) is 9.75 Å². The summed E-state index contributed by atoms with van der Waals surface area (Å²) < 4.78 is 4.94. The number of anilines is 1. The summed E-state index contributed by atoms with van der Waals surface area (Å²) in [6.45, 7) is 2.56. The third kappa shape index (κ3) is 3.96. The van der Waals surface area contributed by atoms with E-state index in [1.807, 2.05) is 19.1 Å². The summed E-state index contributed by atoms with van der Waals surface area (Å²) in [6.07, 6.45) is 1.55. The predicted octanol–water partition coefficient (Wildman–Crippen LogP) is 2.78. The fourth-order valence-electron chi connectivity index (χ4n) is 1.50. The first-order valence-corrected chi connectivity index (χ1v) is 6.59. The van der Waals surface area contributed by atoms with Crippen molar-refractivity contribution in [1.29, 1.82) is 0 Å². The number of aromatic nitrogens is 1. The Morgan fingerprint density at radius 3 is 2.79 bits per heavy atom. The maximum atomic E-state index is 11.7. The minimum absolute atomic E-state index is 0.252. The molecule has 0 bridgehead atoms. The van der Waals surface area contributed by atoms with Crippen LogP contribution in [-0.4, -0.2) is 18.1 Å². The summed E-state index contributed by atoms with van der Waals surface area (Å²) in [5, 5.41) is 5.50. The number of methoxy groups -OCH3 is 1. The molecule has 2 aromatic heterocycles. The number of rotatable bonds is 4. The van der Waals surface area contributed by atoms with Crippen molar-refractivity contribution in [2.45, 2.75) is 13.5 Å². The standard InChI is InChI=1S/C13H15N3O2S/c1-9-3-5-11(19-9)8-15-13(17)16-10-4-6-12(18-2)14-7-10/h3-7H,8H2,1-2H3,(H2,15,16,17). The maximum Gasteiger partial charge on any atom is 0.319 e. The van der Waals surface area contributed by atoms with E-state index in [-0.39, 0.29) is 6.03 Å². The molecule has 2 N–H and O–H groups in total. The highest BCUT2D eigenvalue weighted by atomic mass is 32.1. The van der Waals surface area contributed by atoms with Gasteiger partial charge in [0.1, 0.15) is 0 Å². The van der Waals surface area contributed by atoms with Crippen molar-refractivity contribution in [1.82, 2.24) is 10.3 Å². The Balaban J connectivity index is 1.83. The highest BCUT2D eigenvalue weighted by Crippen LogP contribution is 2.14. The fraction of sp³-hybridized carbons (Fsp3) is 0.231. The number of aryl methyl sites for hydroxylation is 1. The molecule has 2 amide bonds. The number of ether oxygens (including phenoxy) is 1. The molecule has 100 valence electrons. The molecule has 0 aliphatic carbocycles. The Morgan fingerprint density at radius 1 is 1.37 bits per heavy atom. The molecule has 2 rings (SSSR count). The number of urea groups is 1. The normalized spacial score (nSPS) is 10.0. The van der Waals surface area contributed by atoms with Gasteiger partial charge in [-0.1, -0.05) is 0 Å². The van der Waals surface area contributed by atoms with Crippen LogP contribution in [0.3, 0.4) is 0 Å². The Labute approximate surface area is 115 Å². The zero-order chi connectivity index (χ0) is 13.7. The van der Waals surface area contributed by atoms with E-state index in [0.29, 0.717) is 18.1 Å². The van der Waals surface area contributed by atoms with Gasteiger partial charge in [0.05, 0.1) is 25.5 Å². The minimum atomic E-state index is -0.252. The van der Waals surface area contributed by atoms with Gasteiger partial charge < -0.3 is 15.4 Å². The number of carbonyl (C=O) groups excluding carboxylic acids is 1. The van der Waals surface area contributed by atoms with Crippen LogP contribution < -0.4 is 15.4 Å². The van der Waals surface area contributed by atoms with Crippen LogP contribution >= 0.6 is 11.3 Å². The van der Waals surface area contributed by atoms with Crippen LogP contribution in [0.25, 0.3) is 0 Å². The third-order valence-corrected chi connectivity index (χ3v) is 3.42. The van der Waals surface area contributed by atoms with E-state index >= 15 is 0 Å². The van der Waals surface area contributed by atoms with Crippen LogP contribution in [-0.2, 0) is 6.54 Å². The van der Waals surface area contributed by atoms with E-state index < -0.39 is 0 Å². The van der Waals surface area contributed by atoms with Gasteiger partial charge >= 0.3 is 6.03 Å². The second-order valence-electron chi connectivity index (χ2n) is 3.91. The molecule has 2 aromatic rings. The molecule has 5 nitrogen and oxygen atoms in total. The zero-order valence-electron chi connectivity index (χ0n) is 10.8. The number of pyridine rings is 1. The summed E-state index contributed by atoms with van der Waals surface area (Å²) in [7, 11) is 1.55. The smallest absolute Gasteiger partial charge is 0.319 e. The van der Waals surface area contributed by atoms with E-state index in [1.165, 1.54) is 4.88 Å². The summed E-state index contributed by atoms with van der Waals surface area (Å²) in [5.74, 6) is 0.514. The lowest BCUT2D eigenvalue weighted by Crippen LogP contribution is -2.27. The van der Waals surface area contributed by atoms with Crippen molar-refractivity contribution in [2.75, 3.05) is 12.4 Å². The van der Waals surface area contributed by atoms with Gasteiger partial charge in [0.2, 0.25) is 5.88 Å². The van der Waals surface area contributed by atoms with Gasteiger partial charge in [-0.2, -0.15) is 0 Å². The molecule has 0 saturated heterocycles. The second-order valence-corrected chi connectivity index (χ2v) is 5.28. The Hall–Kier alpha value is -2.08. The number of hydrogen-bond acceptors (Lipinski definition) is 4. The van der Waals surface area contributed by atoms with Crippen LogP contribution in [0, 0.1) is 6.92 Å². The maximum absolute atomic E-state index is 11.7. The fourth-order valence-corrected chi connectivity index (χ4v) is 2.33. The van der Waals surface area contributed by atoms with Gasteiger partial charge in [-0.05, 0) is 25.1 Å². The lowest BCUT2D eigenvalue weighted by atomic mass is 10.4. The van der Waals surface area contributed by atoms with Crippen LogP contribution in [0.5, 0.6) is 5.88 Å². The predicted molar refractivity (Wildman–Crippen MR) is 75.7 cm³/mol. The molecule has 0 atom stereocenters. The van der Waals surface area contributed by atoms with Crippen molar-refractivity contribution in [3.63, 3.8) is 0 Å². The van der Waals surface area contributed by atoms with Crippen LogP contribution in [0.2, 0.25) is 0 Å². The summed E-state index contributed by atoms with van der Waals surface area (Å²) in [6, 6.07) is 7.22. The Kier molecular flexibility index (Phi) is 4.35. The Bertz CT molecular complexity index is 551. The van der Waals surface area contributed by atoms with Crippen molar-refractivity contribution >= 4 is 23.1 Å². The van der Waals surface area contributed by atoms with Gasteiger partial charge in [0, 0.05) is 15.8 Å². The zero-order valence-corrected chi connectivity index (χ0v) is 11.6. The SMILES string of the molecule is COc1ccc(NC(=O)NCc2ccc(C)s2)cn1. The number of nitrogens with zero attached hydrogens (tertiary/aromatic N) is 1. The number of carbonyl (C=O) groups is 1. The van der Waals surface area contributed by atoms with Crippen molar-refractivity contribution in [3.8, 4) is 5.88 Å². The first-order chi connectivity index (χ1) is 9.17. The van der Waals surface area contributed by atoms with Crippen molar-refractivity contribution in [2.24, 2.45) is 0 Å². The monoisotopic (exact) mass is 277 g/mol. The Morgan fingerprint density at radius 2 is 2.21 bits per heavy atom. The van der Waals surface area contributed by atoms with Gasteiger partial charge in [-0.15, -0.1) is 11.3 Å². The molecule has 0 aliphatic heterocycles. The van der Waals surface area contributed by atoms with Crippen LogP contribution in [0.4, 0.5) is 10.5 Å². The summed E-state index contributed by atoms with van der Waals surface area (Å²) >= 11 is 1.67. The number of hydrogen-bond donors (Lipinski definition) is 2. The molecule has 0 fully saturated rings. The van der Waals surface area contributed by atoms with E-state index in [4.69, 9.17) is 4.74 Å². The van der Waals surface area contributed by atoms with Crippen molar-refractivity contribution < 1.29 is 9.53 Å². The van der Waals surface area contributed by atoms with E-state index in [1.54, 1.807) is 36.8 Å². The van der Waals surface area contributed by atoms with Crippen LogP contribution in [0.15, 0.2) is 30.5 Å². The molecular formula is C13H15N3O2S. The first-order valence-electron chi connectivity index (χ1n) is 5.77. The lowest BCUT2D eigenvalue weighted by molar-refractivity contribution is 0.252. The molecule has 0 spiro atoms.